The Labute approximate surface area is 165 Å². The number of nitrogens with zero attached hydrogens (tertiary/aromatic N) is 4. The van der Waals surface area contributed by atoms with Gasteiger partial charge in [0.2, 0.25) is 5.91 Å². The molecule has 2 aliphatic rings. The van der Waals surface area contributed by atoms with Gasteiger partial charge >= 0.3 is 0 Å². The van der Waals surface area contributed by atoms with E-state index in [0.29, 0.717) is 38.2 Å². The fraction of sp³-hybridized carbons (Fsp3) is 0.500. The quantitative estimate of drug-likeness (QED) is 0.814. The van der Waals surface area contributed by atoms with Crippen LogP contribution in [0.5, 0.6) is 0 Å². The third kappa shape index (κ3) is 3.37. The molecule has 0 atom stereocenters. The van der Waals surface area contributed by atoms with Crippen LogP contribution < -0.4 is 4.90 Å². The first kappa shape index (κ1) is 18.5. The van der Waals surface area contributed by atoms with Crippen molar-refractivity contribution in [3.63, 3.8) is 0 Å². The van der Waals surface area contributed by atoms with E-state index >= 15 is 0 Å². The molecule has 1 aliphatic carbocycles. The maximum Gasteiger partial charge on any atom is 0.222 e. The molecule has 1 fully saturated rings. The predicted molar refractivity (Wildman–Crippen MR) is 107 cm³/mol. The minimum Gasteiger partial charge on any atom is -0.463 e. The van der Waals surface area contributed by atoms with Crippen LogP contribution in [-0.2, 0) is 17.6 Å². The van der Waals surface area contributed by atoms with E-state index in [-0.39, 0.29) is 5.91 Å². The molecular formula is C22H26N4O2. The number of rotatable bonds is 4. The molecule has 0 bridgehead atoms. The first-order valence-corrected chi connectivity index (χ1v) is 10.3. The summed E-state index contributed by atoms with van der Waals surface area (Å²) in [5.41, 5.74) is 3.88. The second kappa shape index (κ2) is 8.05. The lowest BCUT2D eigenvalue weighted by molar-refractivity contribution is -0.131. The fourth-order valence-corrected chi connectivity index (χ4v) is 4.31. The maximum atomic E-state index is 12.2. The summed E-state index contributed by atoms with van der Waals surface area (Å²) < 4.78 is 5.66. The van der Waals surface area contributed by atoms with Crippen molar-refractivity contribution < 1.29 is 9.21 Å². The highest BCUT2D eigenvalue weighted by atomic mass is 16.3. The summed E-state index contributed by atoms with van der Waals surface area (Å²) in [5, 5.41) is 9.93. The molecule has 28 heavy (non-hydrogen) atoms. The Kier molecular flexibility index (Phi) is 5.34. The lowest BCUT2D eigenvalue weighted by Gasteiger charge is -2.36. The number of amides is 1. The standard InChI is InChI=1S/C22H26N4O2/c1-2-6-20(27)25-10-12-26(13-11-25)22-18(15-23)16-7-3-4-8-17(16)21(24-22)19-9-5-14-28-19/h5,9,14H,2-4,6-8,10-13H2,1H3. The number of anilines is 1. The zero-order valence-electron chi connectivity index (χ0n) is 16.4. The Morgan fingerprint density at radius 1 is 1.21 bits per heavy atom. The zero-order chi connectivity index (χ0) is 19.5. The van der Waals surface area contributed by atoms with Crippen LogP contribution in [0.1, 0.15) is 49.3 Å². The molecule has 1 saturated heterocycles. The second-order valence-electron chi connectivity index (χ2n) is 7.53. The molecular weight excluding hydrogens is 352 g/mol. The van der Waals surface area contributed by atoms with Crippen LogP contribution in [0.4, 0.5) is 5.82 Å². The van der Waals surface area contributed by atoms with Crippen molar-refractivity contribution in [2.45, 2.75) is 45.4 Å². The van der Waals surface area contributed by atoms with Gasteiger partial charge in [-0.25, -0.2) is 4.98 Å². The van der Waals surface area contributed by atoms with Crippen LogP contribution in [0.15, 0.2) is 22.8 Å². The summed E-state index contributed by atoms with van der Waals surface area (Å²) in [4.78, 5) is 21.2. The summed E-state index contributed by atoms with van der Waals surface area (Å²) in [5.74, 6) is 1.73. The second-order valence-corrected chi connectivity index (χ2v) is 7.53. The SMILES string of the molecule is CCCC(=O)N1CCN(c2nc(-c3ccco3)c3c(c2C#N)CCCC3)CC1. The average molecular weight is 378 g/mol. The Hall–Kier alpha value is -2.81. The highest BCUT2D eigenvalue weighted by molar-refractivity contribution is 5.76. The van der Waals surface area contributed by atoms with Crippen molar-refractivity contribution in [2.75, 3.05) is 31.1 Å². The molecule has 1 aliphatic heterocycles. The van der Waals surface area contributed by atoms with Crippen molar-refractivity contribution in [1.82, 2.24) is 9.88 Å². The maximum absolute atomic E-state index is 12.2. The van der Waals surface area contributed by atoms with E-state index in [1.54, 1.807) is 6.26 Å². The Morgan fingerprint density at radius 3 is 2.61 bits per heavy atom. The van der Waals surface area contributed by atoms with Crippen LogP contribution in [-0.4, -0.2) is 42.0 Å². The van der Waals surface area contributed by atoms with Crippen molar-refractivity contribution in [3.8, 4) is 17.5 Å². The molecule has 0 radical (unpaired) electrons. The number of furan rings is 1. The minimum absolute atomic E-state index is 0.220. The topological polar surface area (TPSA) is 73.4 Å². The fourth-order valence-electron chi connectivity index (χ4n) is 4.31. The van der Waals surface area contributed by atoms with Gasteiger partial charge in [0.25, 0.3) is 0 Å². The summed E-state index contributed by atoms with van der Waals surface area (Å²) in [6.07, 6.45) is 7.21. The van der Waals surface area contributed by atoms with Gasteiger partial charge in [-0.05, 0) is 55.4 Å². The highest BCUT2D eigenvalue weighted by Crippen LogP contribution is 2.36. The van der Waals surface area contributed by atoms with E-state index in [9.17, 15) is 10.1 Å². The zero-order valence-corrected chi connectivity index (χ0v) is 16.4. The van der Waals surface area contributed by atoms with Crippen molar-refractivity contribution in [3.05, 3.63) is 35.1 Å². The van der Waals surface area contributed by atoms with Crippen molar-refractivity contribution in [2.24, 2.45) is 0 Å². The summed E-state index contributed by atoms with van der Waals surface area (Å²) in [6, 6.07) is 6.25. The monoisotopic (exact) mass is 378 g/mol. The number of carbonyl (C=O) groups excluding carboxylic acids is 1. The van der Waals surface area contributed by atoms with Gasteiger partial charge in [0.15, 0.2) is 5.76 Å². The number of pyridine rings is 1. The van der Waals surface area contributed by atoms with E-state index in [2.05, 4.69) is 11.0 Å². The normalized spacial score (nSPS) is 16.6. The number of carbonyl (C=O) groups is 1. The molecule has 2 aromatic heterocycles. The van der Waals surface area contributed by atoms with E-state index in [4.69, 9.17) is 9.40 Å². The van der Waals surface area contributed by atoms with Crippen LogP contribution in [0.3, 0.4) is 0 Å². The Balaban J connectivity index is 1.69. The van der Waals surface area contributed by atoms with Gasteiger partial charge in [-0.1, -0.05) is 6.92 Å². The van der Waals surface area contributed by atoms with E-state index in [0.717, 1.165) is 54.9 Å². The molecule has 6 nitrogen and oxygen atoms in total. The molecule has 0 aromatic carbocycles. The summed E-state index contributed by atoms with van der Waals surface area (Å²) in [7, 11) is 0. The number of fused-ring (bicyclic) bond motifs is 1. The molecule has 3 heterocycles. The first-order chi connectivity index (χ1) is 13.7. The lowest BCUT2D eigenvalue weighted by atomic mass is 9.87. The van der Waals surface area contributed by atoms with Crippen LogP contribution in [0.25, 0.3) is 11.5 Å². The lowest BCUT2D eigenvalue weighted by Crippen LogP contribution is -2.49. The van der Waals surface area contributed by atoms with Gasteiger partial charge in [-0.15, -0.1) is 0 Å². The average Bonchev–Trinajstić information content (AvgIpc) is 3.27. The van der Waals surface area contributed by atoms with Crippen LogP contribution in [0, 0.1) is 11.3 Å². The molecule has 146 valence electrons. The Morgan fingerprint density at radius 2 is 1.96 bits per heavy atom. The molecule has 4 rings (SSSR count). The van der Waals surface area contributed by atoms with Gasteiger partial charge < -0.3 is 14.2 Å². The van der Waals surface area contributed by atoms with Crippen molar-refractivity contribution in [1.29, 1.82) is 5.26 Å². The molecule has 0 saturated carbocycles. The van der Waals surface area contributed by atoms with Crippen molar-refractivity contribution >= 4 is 11.7 Å². The predicted octanol–water partition coefficient (Wildman–Crippen LogP) is 3.54. The molecule has 2 aromatic rings. The number of hydrogen-bond donors (Lipinski definition) is 0. The first-order valence-electron chi connectivity index (χ1n) is 10.3. The van der Waals surface area contributed by atoms with E-state index < -0.39 is 0 Å². The number of aromatic nitrogens is 1. The smallest absolute Gasteiger partial charge is 0.222 e. The molecule has 0 unspecified atom stereocenters. The summed E-state index contributed by atoms with van der Waals surface area (Å²) >= 11 is 0. The molecule has 0 spiro atoms. The largest absolute Gasteiger partial charge is 0.463 e. The van der Waals surface area contributed by atoms with Gasteiger partial charge in [-0.2, -0.15) is 5.26 Å². The van der Waals surface area contributed by atoms with Gasteiger partial charge in [0.1, 0.15) is 17.6 Å². The number of hydrogen-bond acceptors (Lipinski definition) is 5. The molecule has 1 amide bonds. The van der Waals surface area contributed by atoms with Gasteiger partial charge in [0, 0.05) is 32.6 Å². The highest BCUT2D eigenvalue weighted by Gasteiger charge is 2.28. The third-order valence-corrected chi connectivity index (χ3v) is 5.76. The van der Waals surface area contributed by atoms with E-state index in [1.807, 2.05) is 24.0 Å². The van der Waals surface area contributed by atoms with Crippen LogP contribution in [0.2, 0.25) is 0 Å². The number of nitriles is 1. The Bertz CT molecular complexity index is 890. The number of piperazine rings is 1. The molecule has 6 heteroatoms. The van der Waals surface area contributed by atoms with Gasteiger partial charge in [-0.3, -0.25) is 4.79 Å². The van der Waals surface area contributed by atoms with E-state index in [1.165, 1.54) is 5.56 Å². The molecule has 0 N–H and O–H groups in total. The third-order valence-electron chi connectivity index (χ3n) is 5.76. The van der Waals surface area contributed by atoms with Gasteiger partial charge in [0.05, 0.1) is 11.8 Å². The minimum atomic E-state index is 0.220. The van der Waals surface area contributed by atoms with Crippen LogP contribution >= 0.6 is 0 Å². The summed E-state index contributed by atoms with van der Waals surface area (Å²) in [6.45, 7) is 4.79.